The van der Waals surface area contributed by atoms with Gasteiger partial charge in [-0.05, 0) is 37.6 Å². The van der Waals surface area contributed by atoms with Gasteiger partial charge in [0.2, 0.25) is 0 Å². The van der Waals surface area contributed by atoms with Crippen LogP contribution in [0.4, 0.5) is 0 Å². The van der Waals surface area contributed by atoms with Gasteiger partial charge in [0.05, 0.1) is 15.1 Å². The Morgan fingerprint density at radius 1 is 1.21 bits per heavy atom. The van der Waals surface area contributed by atoms with Crippen LogP contribution in [-0.2, 0) is 4.79 Å². The second kappa shape index (κ2) is 6.70. The van der Waals surface area contributed by atoms with Crippen molar-refractivity contribution < 1.29 is 14.7 Å². The summed E-state index contributed by atoms with van der Waals surface area (Å²) in [4.78, 5) is 30.3. The number of fused-ring (bicyclic) bond motifs is 1. The van der Waals surface area contributed by atoms with Crippen LogP contribution in [-0.4, -0.2) is 21.6 Å². The van der Waals surface area contributed by atoms with Crippen LogP contribution in [0.1, 0.15) is 33.9 Å². The summed E-state index contributed by atoms with van der Waals surface area (Å²) in [5.74, 6) is -1.27. The first-order chi connectivity index (χ1) is 11.5. The lowest BCUT2D eigenvalue weighted by Gasteiger charge is -2.13. The molecule has 0 aliphatic heterocycles. The summed E-state index contributed by atoms with van der Waals surface area (Å²) in [5.41, 5.74) is 0.783. The summed E-state index contributed by atoms with van der Waals surface area (Å²) in [6.45, 7) is 3.74. The van der Waals surface area contributed by atoms with Crippen LogP contribution in [0.3, 0.4) is 0 Å². The van der Waals surface area contributed by atoms with Crippen molar-refractivity contribution in [1.29, 1.82) is 0 Å². The summed E-state index contributed by atoms with van der Waals surface area (Å²) in [6, 6.07) is 10.4. The number of thiazole rings is 1. The number of nitrogens with zero attached hydrogens (tertiary/aromatic N) is 2. The first-order valence-corrected chi connectivity index (χ1v) is 9.13. The summed E-state index contributed by atoms with van der Waals surface area (Å²) >= 11 is 2.72. The minimum absolute atomic E-state index is 0.339. The van der Waals surface area contributed by atoms with Crippen molar-refractivity contribution in [1.82, 2.24) is 4.57 Å². The molecule has 0 bridgehead atoms. The predicted molar refractivity (Wildman–Crippen MR) is 95.7 cm³/mol. The molecule has 124 valence electrons. The number of para-hydroxylation sites is 1. The quantitative estimate of drug-likeness (QED) is 0.768. The molecule has 0 saturated carbocycles. The smallest absolute Gasteiger partial charge is 0.326 e. The highest BCUT2D eigenvalue weighted by molar-refractivity contribution is 7.16. The van der Waals surface area contributed by atoms with E-state index in [1.54, 1.807) is 10.6 Å². The third-order valence-electron chi connectivity index (χ3n) is 3.66. The molecular weight excluding hydrogens is 344 g/mol. The monoisotopic (exact) mass is 360 g/mol. The summed E-state index contributed by atoms with van der Waals surface area (Å²) in [6.07, 6.45) is 0.412. The first-order valence-electron chi connectivity index (χ1n) is 7.49. The predicted octanol–water partition coefficient (Wildman–Crippen LogP) is 3.85. The Bertz CT molecular complexity index is 981. The number of aromatic nitrogens is 1. The minimum Gasteiger partial charge on any atom is -0.480 e. The topological polar surface area (TPSA) is 71.7 Å². The number of hydrogen-bond acceptors (Lipinski definition) is 4. The van der Waals surface area contributed by atoms with Crippen LogP contribution >= 0.6 is 22.7 Å². The first kappa shape index (κ1) is 16.6. The zero-order chi connectivity index (χ0) is 17.3. The number of aliphatic carboxylic acids is 1. The number of carboxylic acids is 1. The maximum absolute atomic E-state index is 12.4. The molecule has 2 heterocycles. The van der Waals surface area contributed by atoms with Crippen LogP contribution in [0.15, 0.2) is 41.4 Å². The third-order valence-corrected chi connectivity index (χ3v) is 5.69. The van der Waals surface area contributed by atoms with E-state index in [2.05, 4.69) is 4.99 Å². The number of rotatable bonds is 4. The molecule has 2 aromatic heterocycles. The SMILES string of the molecule is CCC(C(=O)O)n1/c(=N\C(=O)c2ccc(C)s2)sc2ccccc21. The molecule has 1 aromatic carbocycles. The van der Waals surface area contributed by atoms with Gasteiger partial charge in [-0.15, -0.1) is 11.3 Å². The van der Waals surface area contributed by atoms with Crippen LogP contribution in [0.5, 0.6) is 0 Å². The maximum Gasteiger partial charge on any atom is 0.326 e. The molecule has 3 aromatic rings. The van der Waals surface area contributed by atoms with Gasteiger partial charge in [0, 0.05) is 4.88 Å². The van der Waals surface area contributed by atoms with E-state index < -0.39 is 12.0 Å². The van der Waals surface area contributed by atoms with E-state index in [9.17, 15) is 14.7 Å². The number of carbonyl (C=O) groups is 2. The van der Waals surface area contributed by atoms with E-state index in [-0.39, 0.29) is 5.91 Å². The molecule has 0 aliphatic carbocycles. The highest BCUT2D eigenvalue weighted by Gasteiger charge is 2.22. The maximum atomic E-state index is 12.4. The van der Waals surface area contributed by atoms with Gasteiger partial charge in [-0.25, -0.2) is 4.79 Å². The molecule has 0 saturated heterocycles. The summed E-state index contributed by atoms with van der Waals surface area (Å²) in [5, 5.41) is 9.54. The highest BCUT2D eigenvalue weighted by atomic mass is 32.1. The Morgan fingerprint density at radius 2 is 1.96 bits per heavy atom. The second-order valence-electron chi connectivity index (χ2n) is 5.31. The third kappa shape index (κ3) is 3.05. The molecule has 0 spiro atoms. The lowest BCUT2D eigenvalue weighted by molar-refractivity contribution is -0.140. The Kier molecular flexibility index (Phi) is 4.64. The van der Waals surface area contributed by atoms with E-state index >= 15 is 0 Å². The van der Waals surface area contributed by atoms with Crippen molar-refractivity contribution in [2.24, 2.45) is 4.99 Å². The van der Waals surface area contributed by atoms with Gasteiger partial charge in [0.1, 0.15) is 6.04 Å². The largest absolute Gasteiger partial charge is 0.480 e. The zero-order valence-corrected chi connectivity index (χ0v) is 14.9. The standard InChI is InChI=1S/C17H16N2O3S2/c1-3-11(16(21)22)19-12-6-4-5-7-13(12)24-17(19)18-15(20)14-9-8-10(2)23-14/h4-9,11H,3H2,1-2H3,(H,21,22)/b18-17+. The molecule has 3 rings (SSSR count). The van der Waals surface area contributed by atoms with Crippen molar-refractivity contribution in [2.75, 3.05) is 0 Å². The van der Waals surface area contributed by atoms with Gasteiger partial charge in [-0.3, -0.25) is 4.79 Å². The van der Waals surface area contributed by atoms with Crippen molar-refractivity contribution in [3.63, 3.8) is 0 Å². The lowest BCUT2D eigenvalue weighted by atomic mass is 10.2. The summed E-state index contributed by atoms with van der Waals surface area (Å²) < 4.78 is 2.56. The molecule has 0 radical (unpaired) electrons. The number of benzene rings is 1. The van der Waals surface area contributed by atoms with Gasteiger partial charge in [0.15, 0.2) is 4.80 Å². The van der Waals surface area contributed by atoms with Gasteiger partial charge >= 0.3 is 5.97 Å². The molecular formula is C17H16N2O3S2. The van der Waals surface area contributed by atoms with Gasteiger partial charge in [-0.1, -0.05) is 30.4 Å². The van der Waals surface area contributed by atoms with Crippen LogP contribution in [0.25, 0.3) is 10.2 Å². The second-order valence-corrected chi connectivity index (χ2v) is 7.61. The van der Waals surface area contributed by atoms with E-state index in [1.165, 1.54) is 22.7 Å². The van der Waals surface area contributed by atoms with E-state index in [0.29, 0.717) is 16.1 Å². The van der Waals surface area contributed by atoms with E-state index in [0.717, 1.165) is 15.1 Å². The Labute approximate surface area is 146 Å². The number of amides is 1. The van der Waals surface area contributed by atoms with Gasteiger partial charge in [0.25, 0.3) is 5.91 Å². The fourth-order valence-electron chi connectivity index (χ4n) is 2.53. The molecule has 1 atom stereocenters. The van der Waals surface area contributed by atoms with Crippen molar-refractivity contribution >= 4 is 44.8 Å². The van der Waals surface area contributed by atoms with Crippen molar-refractivity contribution in [2.45, 2.75) is 26.3 Å². The normalized spacial score (nSPS) is 13.3. The molecule has 24 heavy (non-hydrogen) atoms. The average Bonchev–Trinajstić information content (AvgIpc) is 3.12. The number of carbonyl (C=O) groups excluding carboxylic acids is 1. The Balaban J connectivity index is 2.21. The molecule has 1 amide bonds. The number of carboxylic acid groups (broad SMARTS) is 1. The number of thiophene rings is 1. The fraction of sp³-hybridized carbons (Fsp3) is 0.235. The van der Waals surface area contributed by atoms with Crippen LogP contribution in [0.2, 0.25) is 0 Å². The molecule has 1 N–H and O–H groups in total. The lowest BCUT2D eigenvalue weighted by Crippen LogP contribution is -2.27. The average molecular weight is 360 g/mol. The van der Waals surface area contributed by atoms with Crippen LogP contribution in [0, 0.1) is 6.92 Å². The molecule has 1 unspecified atom stereocenters. The van der Waals surface area contributed by atoms with Gasteiger partial charge < -0.3 is 9.67 Å². The summed E-state index contributed by atoms with van der Waals surface area (Å²) in [7, 11) is 0. The molecule has 7 heteroatoms. The Hall–Kier alpha value is -2.25. The molecule has 5 nitrogen and oxygen atoms in total. The zero-order valence-electron chi connectivity index (χ0n) is 13.2. The fourth-order valence-corrected chi connectivity index (χ4v) is 4.35. The van der Waals surface area contributed by atoms with E-state index in [1.807, 2.05) is 44.2 Å². The van der Waals surface area contributed by atoms with Crippen molar-refractivity contribution in [3.05, 3.63) is 51.0 Å². The highest BCUT2D eigenvalue weighted by Crippen LogP contribution is 2.23. The minimum atomic E-state index is -0.929. The van der Waals surface area contributed by atoms with Gasteiger partial charge in [-0.2, -0.15) is 4.99 Å². The Morgan fingerprint density at radius 3 is 2.58 bits per heavy atom. The van der Waals surface area contributed by atoms with Crippen molar-refractivity contribution in [3.8, 4) is 0 Å². The molecule has 0 aliphatic rings. The number of hydrogen-bond donors (Lipinski definition) is 1. The van der Waals surface area contributed by atoms with E-state index in [4.69, 9.17) is 0 Å². The number of aryl methyl sites for hydroxylation is 1. The van der Waals surface area contributed by atoms with Crippen LogP contribution < -0.4 is 4.80 Å². The molecule has 0 fully saturated rings.